The summed E-state index contributed by atoms with van der Waals surface area (Å²) in [7, 11) is 0. The number of carbonyl (C=O) groups is 1. The largest absolute Gasteiger partial charge is 0.349 e. The van der Waals surface area contributed by atoms with Crippen molar-refractivity contribution in [2.45, 2.75) is 33.9 Å². The van der Waals surface area contributed by atoms with E-state index in [0.29, 0.717) is 10.0 Å². The van der Waals surface area contributed by atoms with Gasteiger partial charge in [-0.1, -0.05) is 0 Å². The lowest BCUT2D eigenvalue weighted by atomic mass is 10.1. The molecule has 0 radical (unpaired) electrons. The molecular formula is C15H17BrN2O2. The molecule has 0 aliphatic rings. The van der Waals surface area contributed by atoms with Crippen LogP contribution in [0.5, 0.6) is 0 Å². The van der Waals surface area contributed by atoms with Gasteiger partial charge in [0.15, 0.2) is 5.78 Å². The quantitative estimate of drug-likeness (QED) is 0.805. The van der Waals surface area contributed by atoms with E-state index < -0.39 is 0 Å². The van der Waals surface area contributed by atoms with E-state index in [0.717, 1.165) is 17.9 Å². The Morgan fingerprint density at radius 1 is 1.35 bits per heavy atom. The first kappa shape index (κ1) is 14.8. The lowest BCUT2D eigenvalue weighted by molar-refractivity contribution is 0.0970. The molecule has 0 unspecified atom stereocenters. The summed E-state index contributed by atoms with van der Waals surface area (Å²) in [5.74, 6) is -0.0435. The number of aryl methyl sites for hydroxylation is 1. The lowest BCUT2D eigenvalue weighted by Gasteiger charge is -2.07. The van der Waals surface area contributed by atoms with Crippen LogP contribution in [0, 0.1) is 13.8 Å². The van der Waals surface area contributed by atoms with Crippen molar-refractivity contribution in [1.82, 2.24) is 9.13 Å². The van der Waals surface area contributed by atoms with Gasteiger partial charge in [0.25, 0.3) is 5.56 Å². The maximum Gasteiger partial charge on any atom is 0.265 e. The average Bonchev–Trinajstić information content (AvgIpc) is 2.70. The highest BCUT2D eigenvalue weighted by Crippen LogP contribution is 2.16. The third-order valence-electron chi connectivity index (χ3n) is 3.48. The summed E-state index contributed by atoms with van der Waals surface area (Å²) in [6.45, 7) is 6.87. The second-order valence-corrected chi connectivity index (χ2v) is 5.60. The highest BCUT2D eigenvalue weighted by atomic mass is 79.9. The molecule has 0 aromatic carbocycles. The van der Waals surface area contributed by atoms with Gasteiger partial charge in [0, 0.05) is 29.7 Å². The predicted molar refractivity (Wildman–Crippen MR) is 82.3 cm³/mol. The lowest BCUT2D eigenvalue weighted by Crippen LogP contribution is -2.24. The molecule has 0 bridgehead atoms. The van der Waals surface area contributed by atoms with Crippen LogP contribution in [0.1, 0.15) is 28.7 Å². The van der Waals surface area contributed by atoms with Crippen LogP contribution < -0.4 is 5.56 Å². The van der Waals surface area contributed by atoms with Crippen molar-refractivity contribution in [3.8, 4) is 0 Å². The minimum atomic E-state index is -0.190. The summed E-state index contributed by atoms with van der Waals surface area (Å²) in [5, 5.41) is 0. The summed E-state index contributed by atoms with van der Waals surface area (Å²) >= 11 is 3.18. The van der Waals surface area contributed by atoms with Crippen molar-refractivity contribution in [2.75, 3.05) is 0 Å². The van der Waals surface area contributed by atoms with E-state index in [4.69, 9.17) is 0 Å². The van der Waals surface area contributed by atoms with Gasteiger partial charge in [0.05, 0.1) is 11.0 Å². The Morgan fingerprint density at radius 2 is 2.05 bits per heavy atom. The van der Waals surface area contributed by atoms with E-state index in [9.17, 15) is 9.59 Å². The fourth-order valence-corrected chi connectivity index (χ4v) is 2.82. The molecule has 2 rings (SSSR count). The average molecular weight is 337 g/mol. The predicted octanol–water partition coefficient (Wildman–Crippen LogP) is 2.93. The topological polar surface area (TPSA) is 44.0 Å². The van der Waals surface area contributed by atoms with E-state index in [1.165, 1.54) is 4.57 Å². The van der Waals surface area contributed by atoms with Gasteiger partial charge >= 0.3 is 0 Å². The molecule has 5 heteroatoms. The van der Waals surface area contributed by atoms with Crippen molar-refractivity contribution in [1.29, 1.82) is 0 Å². The molecule has 2 aromatic heterocycles. The van der Waals surface area contributed by atoms with E-state index in [1.807, 2.05) is 26.8 Å². The number of aromatic nitrogens is 2. The maximum atomic E-state index is 12.4. The Balaban J connectivity index is 2.34. The Labute approximate surface area is 126 Å². The summed E-state index contributed by atoms with van der Waals surface area (Å²) in [6.07, 6.45) is 1.63. The van der Waals surface area contributed by atoms with Crippen LogP contribution in [0.15, 0.2) is 33.7 Å². The van der Waals surface area contributed by atoms with Crippen molar-refractivity contribution < 1.29 is 4.79 Å². The van der Waals surface area contributed by atoms with Gasteiger partial charge in [0.1, 0.15) is 0 Å². The maximum absolute atomic E-state index is 12.4. The van der Waals surface area contributed by atoms with Crippen molar-refractivity contribution >= 4 is 21.7 Å². The molecule has 0 N–H and O–H groups in total. The number of nitrogens with zero attached hydrogens (tertiary/aromatic N) is 2. The Kier molecular flexibility index (Phi) is 4.28. The van der Waals surface area contributed by atoms with Gasteiger partial charge in [-0.15, -0.1) is 0 Å². The first-order valence-electron chi connectivity index (χ1n) is 6.50. The van der Waals surface area contributed by atoms with Crippen LogP contribution in [-0.4, -0.2) is 14.9 Å². The first-order chi connectivity index (χ1) is 9.45. The van der Waals surface area contributed by atoms with Gasteiger partial charge in [-0.25, -0.2) is 0 Å². The number of ketones is 1. The standard InChI is InChI=1S/C15H17BrN2O2/c1-4-18-10(2)8-12(11(18)3)14(19)9-17-7-5-6-13(16)15(17)20/h5-8H,4,9H2,1-3H3. The molecule has 2 aromatic rings. The molecule has 0 fully saturated rings. The molecule has 0 aliphatic carbocycles. The molecule has 106 valence electrons. The Morgan fingerprint density at radius 3 is 2.65 bits per heavy atom. The van der Waals surface area contributed by atoms with E-state index >= 15 is 0 Å². The minimum Gasteiger partial charge on any atom is -0.349 e. The summed E-state index contributed by atoms with van der Waals surface area (Å²) < 4.78 is 3.98. The monoisotopic (exact) mass is 336 g/mol. The molecule has 4 nitrogen and oxygen atoms in total. The fourth-order valence-electron chi connectivity index (χ4n) is 2.44. The molecular weight excluding hydrogens is 320 g/mol. The molecule has 0 amide bonds. The molecule has 0 saturated carbocycles. The van der Waals surface area contributed by atoms with Gasteiger partial charge in [-0.2, -0.15) is 0 Å². The number of Topliss-reactive ketones (excluding diaryl/α,β-unsaturated/α-hetero) is 1. The van der Waals surface area contributed by atoms with Gasteiger partial charge < -0.3 is 9.13 Å². The molecule has 0 aliphatic heterocycles. The third kappa shape index (κ3) is 2.63. The highest BCUT2D eigenvalue weighted by Gasteiger charge is 2.16. The fraction of sp³-hybridized carbons (Fsp3) is 0.333. The van der Waals surface area contributed by atoms with Gasteiger partial charge in [-0.3, -0.25) is 9.59 Å². The zero-order chi connectivity index (χ0) is 14.9. The molecule has 20 heavy (non-hydrogen) atoms. The van der Waals surface area contributed by atoms with Crippen LogP contribution in [-0.2, 0) is 13.1 Å². The van der Waals surface area contributed by atoms with Crippen LogP contribution in [0.2, 0.25) is 0 Å². The normalized spacial score (nSPS) is 10.8. The smallest absolute Gasteiger partial charge is 0.265 e. The van der Waals surface area contributed by atoms with Crippen molar-refractivity contribution in [2.24, 2.45) is 0 Å². The van der Waals surface area contributed by atoms with Crippen LogP contribution >= 0.6 is 15.9 Å². The minimum absolute atomic E-state index is 0.0435. The summed E-state index contributed by atoms with van der Waals surface area (Å²) in [6, 6.07) is 5.31. The van der Waals surface area contributed by atoms with Crippen LogP contribution in [0.3, 0.4) is 0 Å². The van der Waals surface area contributed by atoms with Crippen molar-refractivity contribution in [3.05, 3.63) is 56.2 Å². The SMILES string of the molecule is CCn1c(C)cc(C(=O)Cn2cccc(Br)c2=O)c1C. The summed E-state index contributed by atoms with van der Waals surface area (Å²) in [4.78, 5) is 24.3. The Bertz CT molecular complexity index is 713. The molecule has 2 heterocycles. The number of hydrogen-bond donors (Lipinski definition) is 0. The zero-order valence-electron chi connectivity index (χ0n) is 11.8. The number of halogens is 1. The number of pyridine rings is 1. The number of rotatable bonds is 4. The van der Waals surface area contributed by atoms with E-state index in [2.05, 4.69) is 20.5 Å². The zero-order valence-corrected chi connectivity index (χ0v) is 13.4. The second kappa shape index (κ2) is 5.79. The van der Waals surface area contributed by atoms with E-state index in [-0.39, 0.29) is 17.9 Å². The molecule has 0 saturated heterocycles. The summed E-state index contributed by atoms with van der Waals surface area (Å²) in [5.41, 5.74) is 2.52. The Hall–Kier alpha value is -1.62. The highest BCUT2D eigenvalue weighted by molar-refractivity contribution is 9.10. The first-order valence-corrected chi connectivity index (χ1v) is 7.30. The van der Waals surface area contributed by atoms with E-state index in [1.54, 1.807) is 18.3 Å². The molecule has 0 atom stereocenters. The van der Waals surface area contributed by atoms with Gasteiger partial charge in [-0.05, 0) is 54.9 Å². The number of carbonyl (C=O) groups excluding carboxylic acids is 1. The van der Waals surface area contributed by atoms with Crippen molar-refractivity contribution in [3.63, 3.8) is 0 Å². The van der Waals surface area contributed by atoms with Crippen LogP contribution in [0.25, 0.3) is 0 Å². The third-order valence-corrected chi connectivity index (χ3v) is 4.08. The van der Waals surface area contributed by atoms with Gasteiger partial charge in [0.2, 0.25) is 0 Å². The number of hydrogen-bond acceptors (Lipinski definition) is 2. The second-order valence-electron chi connectivity index (χ2n) is 4.74. The molecule has 0 spiro atoms. The van der Waals surface area contributed by atoms with Crippen LogP contribution in [0.4, 0.5) is 0 Å².